The number of amides is 1. The lowest BCUT2D eigenvalue weighted by atomic mass is 9.85. The Balaban J connectivity index is 1.41. The SMILES string of the molecule is COc1cc2c(cc(C(=O)NC3(c4ccc(C(CC5CC5)C(=O)O)cc4)COC3)n2C)c(Cl)c1Cl. The maximum absolute atomic E-state index is 13.4. The zero-order valence-corrected chi connectivity index (χ0v) is 20.9. The number of nitrogens with one attached hydrogen (secondary N) is 1. The summed E-state index contributed by atoms with van der Waals surface area (Å²) in [7, 11) is 3.29. The average molecular weight is 517 g/mol. The first-order chi connectivity index (χ1) is 16.7. The Morgan fingerprint density at radius 2 is 1.89 bits per heavy atom. The van der Waals surface area contributed by atoms with Crippen molar-refractivity contribution in [3.05, 3.63) is 63.3 Å². The Morgan fingerprint density at radius 3 is 2.43 bits per heavy atom. The van der Waals surface area contributed by atoms with Crippen LogP contribution in [0, 0.1) is 5.92 Å². The summed E-state index contributed by atoms with van der Waals surface area (Å²) in [5.41, 5.74) is 2.10. The number of nitrogens with zero attached hydrogens (tertiary/aromatic N) is 1. The number of halogens is 2. The molecule has 2 N–H and O–H groups in total. The third kappa shape index (κ3) is 4.26. The van der Waals surface area contributed by atoms with Crippen LogP contribution in [0.5, 0.6) is 5.75 Å². The number of aromatic nitrogens is 1. The van der Waals surface area contributed by atoms with Gasteiger partial charge in [0.25, 0.3) is 5.91 Å². The third-order valence-electron chi connectivity index (χ3n) is 7.13. The minimum absolute atomic E-state index is 0.278. The van der Waals surface area contributed by atoms with Gasteiger partial charge in [0.05, 0.1) is 36.8 Å². The minimum atomic E-state index is -0.800. The van der Waals surface area contributed by atoms with E-state index >= 15 is 0 Å². The second-order valence-corrected chi connectivity index (χ2v) is 10.2. The highest BCUT2D eigenvalue weighted by Crippen LogP contribution is 2.41. The van der Waals surface area contributed by atoms with Crippen LogP contribution in [0.15, 0.2) is 36.4 Å². The molecule has 9 heteroatoms. The maximum atomic E-state index is 13.4. The second-order valence-electron chi connectivity index (χ2n) is 9.45. The number of ether oxygens (including phenoxy) is 2. The summed E-state index contributed by atoms with van der Waals surface area (Å²) in [6.07, 6.45) is 2.87. The van der Waals surface area contributed by atoms with Gasteiger partial charge in [0, 0.05) is 18.5 Å². The predicted molar refractivity (Wildman–Crippen MR) is 134 cm³/mol. The Morgan fingerprint density at radius 1 is 1.20 bits per heavy atom. The van der Waals surface area contributed by atoms with Crippen LogP contribution in [-0.4, -0.2) is 41.9 Å². The molecule has 1 aliphatic heterocycles. The summed E-state index contributed by atoms with van der Waals surface area (Å²) >= 11 is 12.7. The van der Waals surface area contributed by atoms with Crippen molar-refractivity contribution < 1.29 is 24.2 Å². The lowest BCUT2D eigenvalue weighted by Gasteiger charge is -2.42. The van der Waals surface area contributed by atoms with Gasteiger partial charge in [0.2, 0.25) is 0 Å². The number of fused-ring (bicyclic) bond motifs is 1. The molecule has 2 fully saturated rings. The molecule has 2 aliphatic rings. The molecule has 2 heterocycles. The number of hydrogen-bond acceptors (Lipinski definition) is 4. The molecule has 1 unspecified atom stereocenters. The summed E-state index contributed by atoms with van der Waals surface area (Å²) in [5.74, 6) is -0.650. The highest BCUT2D eigenvalue weighted by molar-refractivity contribution is 6.46. The van der Waals surface area contributed by atoms with E-state index in [1.807, 2.05) is 24.3 Å². The molecular weight excluding hydrogens is 491 g/mol. The highest BCUT2D eigenvalue weighted by atomic mass is 35.5. The Kier molecular flexibility index (Phi) is 6.20. The van der Waals surface area contributed by atoms with Crippen molar-refractivity contribution in [2.75, 3.05) is 20.3 Å². The van der Waals surface area contributed by atoms with Crippen molar-refractivity contribution in [1.29, 1.82) is 0 Å². The topological polar surface area (TPSA) is 89.8 Å². The molecule has 1 atom stereocenters. The zero-order chi connectivity index (χ0) is 24.9. The zero-order valence-electron chi connectivity index (χ0n) is 19.4. The number of hydrogen-bond donors (Lipinski definition) is 2. The van der Waals surface area contributed by atoms with Gasteiger partial charge in [-0.25, -0.2) is 0 Å². The first-order valence-corrected chi connectivity index (χ1v) is 12.2. The van der Waals surface area contributed by atoms with Crippen molar-refractivity contribution in [3.8, 4) is 5.75 Å². The van der Waals surface area contributed by atoms with E-state index in [9.17, 15) is 14.7 Å². The fourth-order valence-electron chi connectivity index (χ4n) is 4.75. The number of aliphatic carboxylic acids is 1. The smallest absolute Gasteiger partial charge is 0.310 e. The standard InChI is InChI=1S/C26H26Cl2N2O5/c1-30-19-11-21(34-2)23(28)22(27)18(19)10-20(30)24(31)29-26(12-35-13-26)16-7-5-15(6-8-16)17(25(32)33)9-14-3-4-14/h5-8,10-11,14,17H,3-4,9,12-13H2,1-2H3,(H,29,31)(H,32,33). The summed E-state index contributed by atoms with van der Waals surface area (Å²) < 4.78 is 12.5. The predicted octanol–water partition coefficient (Wildman–Crippen LogP) is 5.12. The molecule has 0 spiro atoms. The largest absolute Gasteiger partial charge is 0.495 e. The van der Waals surface area contributed by atoms with E-state index in [2.05, 4.69) is 5.32 Å². The number of carboxylic acids is 1. The van der Waals surface area contributed by atoms with Gasteiger partial charge in [-0.3, -0.25) is 9.59 Å². The van der Waals surface area contributed by atoms with E-state index in [1.54, 1.807) is 23.7 Å². The summed E-state index contributed by atoms with van der Waals surface area (Å²) in [6.45, 7) is 0.653. The average Bonchev–Trinajstić information content (AvgIpc) is 3.58. The van der Waals surface area contributed by atoms with Gasteiger partial charge < -0.3 is 24.5 Å². The molecule has 3 aromatic rings. The Bertz CT molecular complexity index is 1310. The fraction of sp³-hybridized carbons (Fsp3) is 0.385. The minimum Gasteiger partial charge on any atom is -0.495 e. The Labute approximate surface area is 212 Å². The molecule has 7 nitrogen and oxygen atoms in total. The molecule has 0 bridgehead atoms. The van der Waals surface area contributed by atoms with Crippen molar-refractivity contribution in [1.82, 2.24) is 9.88 Å². The lowest BCUT2D eigenvalue weighted by Crippen LogP contribution is -2.59. The van der Waals surface area contributed by atoms with Gasteiger partial charge in [-0.1, -0.05) is 60.3 Å². The molecule has 1 amide bonds. The molecule has 1 saturated carbocycles. The summed E-state index contributed by atoms with van der Waals surface area (Å²) in [5, 5.41) is 14.1. The number of rotatable bonds is 8. The third-order valence-corrected chi connectivity index (χ3v) is 7.99. The van der Waals surface area contributed by atoms with Crippen LogP contribution in [0.3, 0.4) is 0 Å². The van der Waals surface area contributed by atoms with Gasteiger partial charge in [-0.15, -0.1) is 0 Å². The van der Waals surface area contributed by atoms with E-state index in [-0.39, 0.29) is 5.91 Å². The molecule has 184 valence electrons. The van der Waals surface area contributed by atoms with Crippen LogP contribution in [0.2, 0.25) is 10.0 Å². The van der Waals surface area contributed by atoms with Gasteiger partial charge in [-0.05, 0) is 29.5 Å². The van der Waals surface area contributed by atoms with Crippen molar-refractivity contribution in [2.24, 2.45) is 13.0 Å². The van der Waals surface area contributed by atoms with E-state index in [4.69, 9.17) is 32.7 Å². The molecule has 1 aromatic heterocycles. The normalized spacial score (nSPS) is 17.6. The first kappa shape index (κ1) is 24.0. The monoisotopic (exact) mass is 516 g/mol. The van der Waals surface area contributed by atoms with Gasteiger partial charge in [0.1, 0.15) is 22.0 Å². The van der Waals surface area contributed by atoms with Crippen LogP contribution in [0.25, 0.3) is 10.9 Å². The Hall–Kier alpha value is -2.74. The van der Waals surface area contributed by atoms with Crippen LogP contribution < -0.4 is 10.1 Å². The van der Waals surface area contributed by atoms with E-state index in [1.165, 1.54) is 7.11 Å². The number of aryl methyl sites for hydroxylation is 1. The molecule has 1 saturated heterocycles. The van der Waals surface area contributed by atoms with Gasteiger partial charge in [0.15, 0.2) is 0 Å². The molecule has 1 aliphatic carbocycles. The van der Waals surface area contributed by atoms with Crippen LogP contribution in [-0.2, 0) is 22.1 Å². The number of carbonyl (C=O) groups excluding carboxylic acids is 1. The summed E-state index contributed by atoms with van der Waals surface area (Å²) in [6, 6.07) is 11.0. The second kappa shape index (κ2) is 9.04. The van der Waals surface area contributed by atoms with Gasteiger partial charge in [-0.2, -0.15) is 0 Å². The van der Waals surface area contributed by atoms with E-state index in [0.29, 0.717) is 52.4 Å². The van der Waals surface area contributed by atoms with Gasteiger partial charge >= 0.3 is 5.97 Å². The summed E-state index contributed by atoms with van der Waals surface area (Å²) in [4.78, 5) is 25.2. The van der Waals surface area contributed by atoms with E-state index in [0.717, 1.165) is 29.5 Å². The first-order valence-electron chi connectivity index (χ1n) is 11.5. The van der Waals surface area contributed by atoms with Crippen molar-refractivity contribution >= 4 is 46.0 Å². The van der Waals surface area contributed by atoms with Crippen molar-refractivity contribution in [2.45, 2.75) is 30.7 Å². The number of carboxylic acid groups (broad SMARTS) is 1. The fourth-order valence-corrected chi connectivity index (χ4v) is 5.23. The van der Waals surface area contributed by atoms with Crippen LogP contribution in [0.4, 0.5) is 0 Å². The molecule has 35 heavy (non-hydrogen) atoms. The van der Waals surface area contributed by atoms with Crippen LogP contribution in [0.1, 0.15) is 46.8 Å². The maximum Gasteiger partial charge on any atom is 0.310 e. The molecule has 2 aromatic carbocycles. The molecular formula is C26H26Cl2N2O5. The quantitative estimate of drug-likeness (QED) is 0.433. The number of methoxy groups -OCH3 is 1. The molecule has 0 radical (unpaired) electrons. The number of benzene rings is 2. The number of carbonyl (C=O) groups is 2. The highest BCUT2D eigenvalue weighted by Gasteiger charge is 2.42. The lowest BCUT2D eigenvalue weighted by molar-refractivity contribution is -0.139. The van der Waals surface area contributed by atoms with Crippen molar-refractivity contribution in [3.63, 3.8) is 0 Å². The van der Waals surface area contributed by atoms with Crippen LogP contribution >= 0.6 is 23.2 Å². The van der Waals surface area contributed by atoms with E-state index < -0.39 is 17.4 Å². The molecule has 5 rings (SSSR count).